The van der Waals surface area contributed by atoms with Gasteiger partial charge >= 0.3 is 0 Å². The molecule has 1 atom stereocenters. The van der Waals surface area contributed by atoms with Gasteiger partial charge in [-0.25, -0.2) is 0 Å². The molecule has 1 unspecified atom stereocenters. The number of nitriles is 1. The fourth-order valence-corrected chi connectivity index (χ4v) is 3.17. The molecule has 1 aromatic heterocycles. The molecule has 0 bridgehead atoms. The Kier molecular flexibility index (Phi) is 4.37. The van der Waals surface area contributed by atoms with Gasteiger partial charge in [0, 0.05) is 10.9 Å². The summed E-state index contributed by atoms with van der Waals surface area (Å²) in [4.78, 5) is 11.6. The molecule has 0 aliphatic rings. The molecule has 0 spiro atoms. The standard InChI is InChI=1S/C13H10BrN3O2S/c1-8(12-4-5-13(14)20-12)16-10-3-2-9(7-15)6-11(10)17(18)19/h2-6,8,16H,1H3. The van der Waals surface area contributed by atoms with Crippen molar-refractivity contribution in [2.45, 2.75) is 13.0 Å². The van der Waals surface area contributed by atoms with E-state index in [4.69, 9.17) is 5.26 Å². The minimum Gasteiger partial charge on any atom is -0.372 e. The van der Waals surface area contributed by atoms with Crippen molar-refractivity contribution in [1.82, 2.24) is 0 Å². The van der Waals surface area contributed by atoms with Crippen molar-refractivity contribution in [2.75, 3.05) is 5.32 Å². The number of nitrogens with zero attached hydrogens (tertiary/aromatic N) is 2. The van der Waals surface area contributed by atoms with Crippen LogP contribution in [0.3, 0.4) is 0 Å². The Morgan fingerprint density at radius 2 is 2.20 bits per heavy atom. The highest BCUT2D eigenvalue weighted by Gasteiger charge is 2.17. The van der Waals surface area contributed by atoms with E-state index >= 15 is 0 Å². The number of nitrogens with one attached hydrogen (secondary N) is 1. The molecule has 102 valence electrons. The Balaban J connectivity index is 2.29. The van der Waals surface area contributed by atoms with Crippen molar-refractivity contribution in [1.29, 1.82) is 5.26 Å². The average Bonchev–Trinajstić information content (AvgIpc) is 2.85. The van der Waals surface area contributed by atoms with Gasteiger partial charge in [0.15, 0.2) is 0 Å². The second-order valence-electron chi connectivity index (χ2n) is 4.11. The summed E-state index contributed by atoms with van der Waals surface area (Å²) in [5.41, 5.74) is 0.589. The van der Waals surface area contributed by atoms with Crippen LogP contribution in [0.1, 0.15) is 23.4 Å². The molecule has 0 aliphatic carbocycles. The van der Waals surface area contributed by atoms with Crippen molar-refractivity contribution < 1.29 is 4.92 Å². The molecular formula is C13H10BrN3O2S. The lowest BCUT2D eigenvalue weighted by Crippen LogP contribution is -2.07. The van der Waals surface area contributed by atoms with Crippen molar-refractivity contribution >= 4 is 38.6 Å². The number of halogens is 1. The van der Waals surface area contributed by atoms with Crippen molar-refractivity contribution in [2.24, 2.45) is 0 Å². The van der Waals surface area contributed by atoms with Crippen LogP contribution in [-0.2, 0) is 0 Å². The molecule has 0 aliphatic heterocycles. The zero-order valence-electron chi connectivity index (χ0n) is 10.5. The largest absolute Gasteiger partial charge is 0.372 e. The zero-order valence-corrected chi connectivity index (χ0v) is 12.9. The van der Waals surface area contributed by atoms with Crippen LogP contribution in [0.4, 0.5) is 11.4 Å². The molecule has 7 heteroatoms. The lowest BCUT2D eigenvalue weighted by atomic mass is 10.1. The SMILES string of the molecule is CC(Nc1ccc(C#N)cc1[N+](=O)[O-])c1ccc(Br)s1. The fraction of sp³-hybridized carbons (Fsp3) is 0.154. The van der Waals surface area contributed by atoms with E-state index in [1.807, 2.05) is 25.1 Å². The third-order valence-corrected chi connectivity index (χ3v) is 4.52. The highest BCUT2D eigenvalue weighted by atomic mass is 79.9. The Hall–Kier alpha value is -1.91. The smallest absolute Gasteiger partial charge is 0.293 e. The Labute approximate surface area is 128 Å². The molecule has 0 saturated carbocycles. The van der Waals surface area contributed by atoms with Gasteiger partial charge in [0.25, 0.3) is 5.69 Å². The molecule has 2 rings (SSSR count). The molecule has 1 heterocycles. The Bertz CT molecular complexity index is 693. The molecular weight excluding hydrogens is 342 g/mol. The number of nitro groups is 1. The summed E-state index contributed by atoms with van der Waals surface area (Å²) in [6.45, 7) is 1.93. The maximum absolute atomic E-state index is 11.1. The van der Waals surface area contributed by atoms with E-state index in [1.165, 1.54) is 6.07 Å². The lowest BCUT2D eigenvalue weighted by molar-refractivity contribution is -0.384. The topological polar surface area (TPSA) is 79.0 Å². The van der Waals surface area contributed by atoms with Crippen molar-refractivity contribution in [3.63, 3.8) is 0 Å². The summed E-state index contributed by atoms with van der Waals surface area (Å²) in [5, 5.41) is 23.0. The van der Waals surface area contributed by atoms with Gasteiger partial charge in [0.1, 0.15) is 5.69 Å². The second kappa shape index (κ2) is 6.03. The third kappa shape index (κ3) is 3.15. The molecule has 0 radical (unpaired) electrons. The number of nitro benzene ring substituents is 1. The van der Waals surface area contributed by atoms with Crippen LogP contribution in [0.5, 0.6) is 0 Å². The molecule has 5 nitrogen and oxygen atoms in total. The van der Waals surface area contributed by atoms with Gasteiger partial charge in [0.05, 0.1) is 26.4 Å². The lowest BCUT2D eigenvalue weighted by Gasteiger charge is -2.13. The number of benzene rings is 1. The monoisotopic (exact) mass is 351 g/mol. The Morgan fingerprint density at radius 1 is 1.45 bits per heavy atom. The van der Waals surface area contributed by atoms with E-state index in [1.54, 1.807) is 23.5 Å². The first-order chi connectivity index (χ1) is 9.51. The minimum atomic E-state index is -0.486. The summed E-state index contributed by atoms with van der Waals surface area (Å²) in [5.74, 6) is 0. The van der Waals surface area contributed by atoms with Crippen LogP contribution < -0.4 is 5.32 Å². The van der Waals surface area contributed by atoms with Crippen molar-refractivity contribution in [3.8, 4) is 6.07 Å². The van der Waals surface area contributed by atoms with E-state index in [-0.39, 0.29) is 17.3 Å². The highest BCUT2D eigenvalue weighted by Crippen LogP contribution is 2.32. The number of thiophene rings is 1. The molecule has 2 aromatic rings. The van der Waals surface area contributed by atoms with E-state index < -0.39 is 4.92 Å². The predicted molar refractivity (Wildman–Crippen MR) is 81.9 cm³/mol. The first-order valence-electron chi connectivity index (χ1n) is 5.71. The number of anilines is 1. The summed E-state index contributed by atoms with van der Waals surface area (Å²) >= 11 is 4.96. The summed E-state index contributed by atoms with van der Waals surface area (Å²) in [7, 11) is 0. The molecule has 1 N–H and O–H groups in total. The van der Waals surface area contributed by atoms with Crippen LogP contribution in [0.2, 0.25) is 0 Å². The number of rotatable bonds is 4. The van der Waals surface area contributed by atoms with Crippen LogP contribution in [0.15, 0.2) is 34.1 Å². The second-order valence-corrected chi connectivity index (χ2v) is 6.60. The van der Waals surface area contributed by atoms with Gasteiger partial charge in [-0.05, 0) is 47.1 Å². The minimum absolute atomic E-state index is 0.0575. The summed E-state index contributed by atoms with van der Waals surface area (Å²) in [6, 6.07) is 10.1. The van der Waals surface area contributed by atoms with Gasteiger partial charge in [-0.15, -0.1) is 11.3 Å². The molecule has 1 aromatic carbocycles. The van der Waals surface area contributed by atoms with Gasteiger partial charge in [-0.3, -0.25) is 10.1 Å². The van der Waals surface area contributed by atoms with Gasteiger partial charge in [0.2, 0.25) is 0 Å². The molecule has 0 fully saturated rings. The first kappa shape index (κ1) is 14.5. The maximum Gasteiger partial charge on any atom is 0.293 e. The third-order valence-electron chi connectivity index (χ3n) is 2.72. The zero-order chi connectivity index (χ0) is 14.7. The van der Waals surface area contributed by atoms with E-state index in [0.29, 0.717) is 5.69 Å². The average molecular weight is 352 g/mol. The maximum atomic E-state index is 11.1. The van der Waals surface area contributed by atoms with E-state index in [9.17, 15) is 10.1 Å². The highest BCUT2D eigenvalue weighted by molar-refractivity contribution is 9.11. The van der Waals surface area contributed by atoms with E-state index in [0.717, 1.165) is 8.66 Å². The first-order valence-corrected chi connectivity index (χ1v) is 7.32. The molecule has 0 amide bonds. The number of hydrogen-bond acceptors (Lipinski definition) is 5. The number of hydrogen-bond donors (Lipinski definition) is 1. The fourth-order valence-electron chi connectivity index (χ4n) is 1.74. The quantitative estimate of drug-likeness (QED) is 0.651. The van der Waals surface area contributed by atoms with Gasteiger partial charge in [-0.1, -0.05) is 0 Å². The van der Waals surface area contributed by atoms with Crippen molar-refractivity contribution in [3.05, 3.63) is 54.7 Å². The molecule has 20 heavy (non-hydrogen) atoms. The predicted octanol–water partition coefficient (Wildman–Crippen LogP) is 4.46. The van der Waals surface area contributed by atoms with Crippen LogP contribution in [0.25, 0.3) is 0 Å². The van der Waals surface area contributed by atoms with Crippen LogP contribution in [-0.4, -0.2) is 4.92 Å². The van der Waals surface area contributed by atoms with Gasteiger partial charge < -0.3 is 5.32 Å². The Morgan fingerprint density at radius 3 is 2.75 bits per heavy atom. The van der Waals surface area contributed by atoms with E-state index in [2.05, 4.69) is 21.2 Å². The summed E-state index contributed by atoms with van der Waals surface area (Å²) in [6.07, 6.45) is 0. The van der Waals surface area contributed by atoms with Crippen LogP contribution >= 0.6 is 27.3 Å². The molecule has 0 saturated heterocycles. The van der Waals surface area contributed by atoms with Gasteiger partial charge in [-0.2, -0.15) is 5.26 Å². The normalized spacial score (nSPS) is 11.7. The van der Waals surface area contributed by atoms with Crippen LogP contribution in [0, 0.1) is 21.4 Å². The summed E-state index contributed by atoms with van der Waals surface area (Å²) < 4.78 is 1.01.